The Labute approximate surface area is 161 Å². The van der Waals surface area contributed by atoms with Gasteiger partial charge in [0.15, 0.2) is 5.11 Å². The van der Waals surface area contributed by atoms with Crippen molar-refractivity contribution in [2.45, 2.75) is 52.2 Å². The molecule has 1 fully saturated rings. The van der Waals surface area contributed by atoms with Gasteiger partial charge in [-0.2, -0.15) is 0 Å². The number of hydrazine groups is 1. The standard InChI is InChI=1S/C19H30N4O2S/c1-13(2)16-5-7-17(8-6-16)20-19(26)22-21-18(24)9-10-23-11-14(3)25-15(4)12-23/h5-8,13-15H,9-12H2,1-4H3,(H,21,24)(H2,20,22,26)/p+1/t14-,15-/m1/s1. The molecular formula is C19H31N4O2S+. The summed E-state index contributed by atoms with van der Waals surface area (Å²) < 4.78 is 5.72. The molecule has 1 aromatic carbocycles. The molecular weight excluding hydrogens is 348 g/mol. The van der Waals surface area contributed by atoms with Gasteiger partial charge in [-0.15, -0.1) is 0 Å². The summed E-state index contributed by atoms with van der Waals surface area (Å²) in [6, 6.07) is 8.10. The van der Waals surface area contributed by atoms with Gasteiger partial charge in [-0.1, -0.05) is 26.0 Å². The van der Waals surface area contributed by atoms with Crippen LogP contribution < -0.4 is 21.1 Å². The van der Waals surface area contributed by atoms with Crippen LogP contribution in [-0.4, -0.2) is 42.9 Å². The van der Waals surface area contributed by atoms with Crippen molar-refractivity contribution in [3.63, 3.8) is 0 Å². The van der Waals surface area contributed by atoms with E-state index in [0.717, 1.165) is 25.3 Å². The third-order valence-corrected chi connectivity index (χ3v) is 4.68. The largest absolute Gasteiger partial charge is 0.364 e. The molecule has 1 aliphatic rings. The summed E-state index contributed by atoms with van der Waals surface area (Å²) in [5.74, 6) is 0.427. The van der Waals surface area contributed by atoms with Gasteiger partial charge in [0.2, 0.25) is 5.91 Å². The van der Waals surface area contributed by atoms with Gasteiger partial charge in [0.05, 0.1) is 13.0 Å². The molecule has 1 aromatic rings. The first-order chi connectivity index (χ1) is 12.3. The highest BCUT2D eigenvalue weighted by molar-refractivity contribution is 7.80. The summed E-state index contributed by atoms with van der Waals surface area (Å²) in [5.41, 5.74) is 7.58. The molecule has 1 heterocycles. The van der Waals surface area contributed by atoms with E-state index in [-0.39, 0.29) is 18.1 Å². The summed E-state index contributed by atoms with van der Waals surface area (Å²) in [4.78, 5) is 13.4. The second-order valence-electron chi connectivity index (χ2n) is 7.32. The Morgan fingerprint density at radius 1 is 1.19 bits per heavy atom. The van der Waals surface area contributed by atoms with Gasteiger partial charge in [0.1, 0.15) is 25.3 Å². The van der Waals surface area contributed by atoms with Crippen molar-refractivity contribution in [1.29, 1.82) is 0 Å². The maximum absolute atomic E-state index is 12.0. The Morgan fingerprint density at radius 3 is 2.38 bits per heavy atom. The molecule has 0 bridgehead atoms. The maximum Gasteiger partial charge on any atom is 0.244 e. The van der Waals surface area contributed by atoms with Crippen LogP contribution in [0.15, 0.2) is 24.3 Å². The predicted octanol–water partition coefficient (Wildman–Crippen LogP) is 1.21. The quantitative estimate of drug-likeness (QED) is 0.457. The van der Waals surface area contributed by atoms with Crippen LogP contribution in [0.4, 0.5) is 5.69 Å². The summed E-state index contributed by atoms with van der Waals surface area (Å²) in [5, 5.41) is 3.44. The normalized spacial score (nSPS) is 22.7. The summed E-state index contributed by atoms with van der Waals surface area (Å²) in [6.45, 7) is 11.1. The second-order valence-corrected chi connectivity index (χ2v) is 7.73. The van der Waals surface area contributed by atoms with Crippen LogP contribution in [0.2, 0.25) is 0 Å². The summed E-state index contributed by atoms with van der Waals surface area (Å²) in [6.07, 6.45) is 0.940. The Kier molecular flexibility index (Phi) is 7.81. The van der Waals surface area contributed by atoms with Gasteiger partial charge >= 0.3 is 0 Å². The van der Waals surface area contributed by atoms with Crippen LogP contribution in [0.25, 0.3) is 0 Å². The number of thiocarbonyl (C=S) groups is 1. The molecule has 1 saturated heterocycles. The third kappa shape index (κ3) is 6.90. The molecule has 2 atom stereocenters. The summed E-state index contributed by atoms with van der Waals surface area (Å²) in [7, 11) is 0. The van der Waals surface area contributed by atoms with Crippen molar-refractivity contribution in [3.8, 4) is 0 Å². The number of hydrogen-bond donors (Lipinski definition) is 4. The fourth-order valence-electron chi connectivity index (χ4n) is 3.19. The molecule has 0 aromatic heterocycles. The Balaban J connectivity index is 1.67. The predicted molar refractivity (Wildman–Crippen MR) is 108 cm³/mol. The maximum atomic E-state index is 12.0. The number of ether oxygens (including phenoxy) is 1. The van der Waals surface area contributed by atoms with Crippen LogP contribution in [-0.2, 0) is 9.53 Å². The lowest BCUT2D eigenvalue weighted by Crippen LogP contribution is -3.15. The number of carbonyl (C=O) groups is 1. The van der Waals surface area contributed by atoms with Gasteiger partial charge in [-0.25, -0.2) is 0 Å². The first kappa shape index (κ1) is 20.6. The zero-order valence-electron chi connectivity index (χ0n) is 16.1. The van der Waals surface area contributed by atoms with E-state index in [9.17, 15) is 4.79 Å². The molecule has 1 aliphatic heterocycles. The van der Waals surface area contributed by atoms with Gasteiger partial charge in [0.25, 0.3) is 0 Å². The number of benzene rings is 1. The molecule has 7 heteroatoms. The van der Waals surface area contributed by atoms with E-state index in [2.05, 4.69) is 56.0 Å². The van der Waals surface area contributed by atoms with Crippen molar-refractivity contribution in [2.24, 2.45) is 0 Å². The SMILES string of the molecule is CC(C)c1ccc(NC(=S)NNC(=O)CC[NH+]2C[C@@H](C)O[C@H](C)C2)cc1. The zero-order chi connectivity index (χ0) is 19.1. The van der Waals surface area contributed by atoms with Crippen molar-refractivity contribution in [1.82, 2.24) is 10.9 Å². The second kappa shape index (κ2) is 9.85. The van der Waals surface area contributed by atoms with Crippen LogP contribution in [0, 0.1) is 0 Å². The molecule has 0 aliphatic carbocycles. The highest BCUT2D eigenvalue weighted by atomic mass is 32.1. The number of amides is 1. The average Bonchev–Trinajstić information content (AvgIpc) is 2.58. The van der Waals surface area contributed by atoms with E-state index in [1.165, 1.54) is 10.5 Å². The minimum absolute atomic E-state index is 0.0661. The molecule has 144 valence electrons. The highest BCUT2D eigenvalue weighted by Crippen LogP contribution is 2.16. The smallest absolute Gasteiger partial charge is 0.244 e. The number of hydrogen-bond acceptors (Lipinski definition) is 3. The molecule has 1 amide bonds. The van der Waals surface area contributed by atoms with Crippen molar-refractivity contribution in [2.75, 3.05) is 25.0 Å². The average molecular weight is 380 g/mol. The van der Waals surface area contributed by atoms with Crippen molar-refractivity contribution in [3.05, 3.63) is 29.8 Å². The van der Waals surface area contributed by atoms with Gasteiger partial charge in [-0.05, 0) is 49.7 Å². The molecule has 2 rings (SSSR count). The van der Waals surface area contributed by atoms with Crippen LogP contribution in [0.5, 0.6) is 0 Å². The summed E-state index contributed by atoms with van der Waals surface area (Å²) >= 11 is 5.22. The molecule has 26 heavy (non-hydrogen) atoms. The number of rotatable bonds is 5. The van der Waals surface area contributed by atoms with E-state index >= 15 is 0 Å². The molecule has 0 unspecified atom stereocenters. The monoisotopic (exact) mass is 379 g/mol. The van der Waals surface area contributed by atoms with Crippen LogP contribution in [0.3, 0.4) is 0 Å². The van der Waals surface area contributed by atoms with E-state index < -0.39 is 0 Å². The zero-order valence-corrected chi connectivity index (χ0v) is 16.9. The van der Waals surface area contributed by atoms with E-state index in [4.69, 9.17) is 17.0 Å². The van der Waals surface area contributed by atoms with Crippen molar-refractivity contribution >= 4 is 28.9 Å². The third-order valence-electron chi connectivity index (χ3n) is 4.47. The van der Waals surface area contributed by atoms with Crippen LogP contribution >= 0.6 is 12.2 Å². The van der Waals surface area contributed by atoms with Gasteiger partial charge in [0, 0.05) is 5.69 Å². The number of quaternary nitrogens is 1. The van der Waals surface area contributed by atoms with Gasteiger partial charge in [-0.3, -0.25) is 15.6 Å². The van der Waals surface area contributed by atoms with E-state index in [0.29, 0.717) is 17.5 Å². The lowest BCUT2D eigenvalue weighted by atomic mass is 10.0. The number of anilines is 1. The highest BCUT2D eigenvalue weighted by Gasteiger charge is 2.25. The van der Waals surface area contributed by atoms with Crippen molar-refractivity contribution < 1.29 is 14.4 Å². The van der Waals surface area contributed by atoms with Gasteiger partial charge < -0.3 is 15.0 Å². The Morgan fingerprint density at radius 2 is 1.81 bits per heavy atom. The Bertz CT molecular complexity index is 596. The lowest BCUT2D eigenvalue weighted by molar-refractivity contribution is -0.914. The first-order valence-electron chi connectivity index (χ1n) is 9.28. The minimum atomic E-state index is -0.0661. The Hall–Kier alpha value is -1.70. The number of carbonyl (C=O) groups excluding carboxylic acids is 1. The topological polar surface area (TPSA) is 66.8 Å². The fraction of sp³-hybridized carbons (Fsp3) is 0.579. The number of nitrogens with one attached hydrogen (secondary N) is 4. The molecule has 0 radical (unpaired) electrons. The first-order valence-corrected chi connectivity index (χ1v) is 9.69. The molecule has 0 saturated carbocycles. The fourth-order valence-corrected chi connectivity index (χ4v) is 3.36. The molecule has 0 spiro atoms. The van der Waals surface area contributed by atoms with E-state index in [1.54, 1.807) is 0 Å². The van der Waals surface area contributed by atoms with E-state index in [1.807, 2.05) is 12.1 Å². The molecule has 4 N–H and O–H groups in total. The minimum Gasteiger partial charge on any atom is -0.364 e. The van der Waals surface area contributed by atoms with Crippen LogP contribution in [0.1, 0.15) is 45.6 Å². The molecule has 6 nitrogen and oxygen atoms in total. The number of morpholine rings is 1. The lowest BCUT2D eigenvalue weighted by Gasteiger charge is -2.32.